The zero-order chi connectivity index (χ0) is 8.85. The number of nitrogens with zero attached hydrogens (tertiary/aromatic N) is 3. The largest absolute Gasteiger partial charge is 0.481 e. The smallest absolute Gasteiger partial charge is 0.303 e. The Bertz CT molecular complexity index is 184. The van der Waals surface area contributed by atoms with Crippen LogP contribution in [0, 0.1) is 5.92 Å². The molecule has 62 valence electrons. The molecule has 0 aromatic carbocycles. The first-order valence-corrected chi connectivity index (χ1v) is 3.34. The van der Waals surface area contributed by atoms with Crippen LogP contribution in [-0.4, -0.2) is 17.1 Å². The van der Waals surface area contributed by atoms with Gasteiger partial charge in [-0.3, -0.25) is 4.79 Å². The van der Waals surface area contributed by atoms with Gasteiger partial charge in [0, 0.05) is 4.91 Å². The predicted molar refractivity (Wildman–Crippen MR) is 40.0 cm³/mol. The second kappa shape index (κ2) is 4.57. The summed E-state index contributed by atoms with van der Waals surface area (Å²) in [5.74, 6) is -0.863. The third-order valence-corrected chi connectivity index (χ3v) is 1.35. The fourth-order valence-corrected chi connectivity index (χ4v) is 0.655. The Kier molecular flexibility index (Phi) is 4.07. The van der Waals surface area contributed by atoms with Gasteiger partial charge in [0.05, 0.1) is 12.5 Å². The van der Waals surface area contributed by atoms with Gasteiger partial charge in [-0.15, -0.1) is 0 Å². The van der Waals surface area contributed by atoms with Gasteiger partial charge in [0.2, 0.25) is 0 Å². The van der Waals surface area contributed by atoms with Gasteiger partial charge in [-0.1, -0.05) is 19.0 Å². The summed E-state index contributed by atoms with van der Waals surface area (Å²) in [6, 6.07) is -0.433. The Morgan fingerprint density at radius 1 is 1.73 bits per heavy atom. The number of aliphatic carboxylic acids is 1. The Morgan fingerprint density at radius 2 is 2.27 bits per heavy atom. The second-order valence-electron chi connectivity index (χ2n) is 2.61. The van der Waals surface area contributed by atoms with Crippen LogP contribution in [0.1, 0.15) is 20.3 Å². The van der Waals surface area contributed by atoms with Crippen molar-refractivity contribution in [3.05, 3.63) is 10.4 Å². The molecule has 1 atom stereocenters. The highest BCUT2D eigenvalue weighted by Gasteiger charge is 2.14. The van der Waals surface area contributed by atoms with Gasteiger partial charge in [0.25, 0.3) is 0 Å². The number of carboxylic acid groups (broad SMARTS) is 1. The van der Waals surface area contributed by atoms with Crippen molar-refractivity contribution in [2.24, 2.45) is 11.0 Å². The topological polar surface area (TPSA) is 86.1 Å². The van der Waals surface area contributed by atoms with Gasteiger partial charge >= 0.3 is 5.97 Å². The molecule has 0 aliphatic heterocycles. The molecule has 0 radical (unpaired) electrons. The highest BCUT2D eigenvalue weighted by atomic mass is 16.4. The average molecular weight is 157 g/mol. The summed E-state index contributed by atoms with van der Waals surface area (Å²) in [7, 11) is 0. The van der Waals surface area contributed by atoms with Crippen molar-refractivity contribution in [1.29, 1.82) is 0 Å². The summed E-state index contributed by atoms with van der Waals surface area (Å²) in [6.07, 6.45) is -0.0955. The van der Waals surface area contributed by atoms with E-state index in [2.05, 4.69) is 10.0 Å². The normalized spacial score (nSPS) is 12.3. The van der Waals surface area contributed by atoms with E-state index in [-0.39, 0.29) is 12.3 Å². The first-order valence-electron chi connectivity index (χ1n) is 3.34. The van der Waals surface area contributed by atoms with Crippen molar-refractivity contribution in [1.82, 2.24) is 0 Å². The van der Waals surface area contributed by atoms with Crippen molar-refractivity contribution < 1.29 is 9.90 Å². The molecule has 0 aliphatic carbocycles. The molecular formula is C6H11N3O2. The van der Waals surface area contributed by atoms with Gasteiger partial charge in [0.15, 0.2) is 0 Å². The van der Waals surface area contributed by atoms with Crippen molar-refractivity contribution >= 4 is 5.97 Å². The van der Waals surface area contributed by atoms with Gasteiger partial charge in [-0.2, -0.15) is 0 Å². The number of carbonyl (C=O) groups is 1. The summed E-state index contributed by atoms with van der Waals surface area (Å²) in [4.78, 5) is 12.8. The van der Waals surface area contributed by atoms with E-state index in [1.807, 2.05) is 13.8 Å². The van der Waals surface area contributed by atoms with Crippen LogP contribution in [-0.2, 0) is 4.79 Å². The van der Waals surface area contributed by atoms with Crippen LogP contribution in [0.5, 0.6) is 0 Å². The Labute approximate surface area is 64.7 Å². The number of hydrogen-bond donors (Lipinski definition) is 1. The molecule has 5 nitrogen and oxygen atoms in total. The fraction of sp³-hybridized carbons (Fsp3) is 0.833. The third-order valence-electron chi connectivity index (χ3n) is 1.35. The maximum atomic E-state index is 10.2. The van der Waals surface area contributed by atoms with E-state index in [0.29, 0.717) is 0 Å². The SMILES string of the molecule is CC(C)[C@H](CC(=O)O)N=[N+]=[N-]. The van der Waals surface area contributed by atoms with Crippen molar-refractivity contribution in [2.45, 2.75) is 26.3 Å². The molecule has 1 N–H and O–H groups in total. The minimum Gasteiger partial charge on any atom is -0.481 e. The molecule has 0 fully saturated rings. The first-order chi connectivity index (χ1) is 5.07. The molecule has 0 amide bonds. The molecule has 0 aromatic heterocycles. The molecule has 0 spiro atoms. The molecule has 0 bridgehead atoms. The van der Waals surface area contributed by atoms with Crippen LogP contribution in [0.2, 0.25) is 0 Å². The van der Waals surface area contributed by atoms with Crippen molar-refractivity contribution in [2.75, 3.05) is 0 Å². The molecule has 0 saturated carbocycles. The van der Waals surface area contributed by atoms with E-state index >= 15 is 0 Å². The number of rotatable bonds is 4. The predicted octanol–water partition coefficient (Wildman–Crippen LogP) is 1.80. The van der Waals surface area contributed by atoms with Crippen LogP contribution in [0.25, 0.3) is 10.4 Å². The summed E-state index contributed by atoms with van der Waals surface area (Å²) in [6.45, 7) is 3.64. The van der Waals surface area contributed by atoms with Gasteiger partial charge in [-0.25, -0.2) is 0 Å². The Morgan fingerprint density at radius 3 is 2.55 bits per heavy atom. The number of hydrogen-bond acceptors (Lipinski definition) is 2. The quantitative estimate of drug-likeness (QED) is 0.383. The van der Waals surface area contributed by atoms with Crippen LogP contribution in [0.4, 0.5) is 0 Å². The third kappa shape index (κ3) is 4.22. The van der Waals surface area contributed by atoms with Gasteiger partial charge < -0.3 is 5.11 Å². The summed E-state index contributed by atoms with van der Waals surface area (Å²) in [5.41, 5.74) is 8.06. The molecule has 5 heteroatoms. The summed E-state index contributed by atoms with van der Waals surface area (Å²) >= 11 is 0. The lowest BCUT2D eigenvalue weighted by molar-refractivity contribution is -0.137. The lowest BCUT2D eigenvalue weighted by atomic mass is 10.0. The van der Waals surface area contributed by atoms with E-state index in [4.69, 9.17) is 10.6 Å². The monoisotopic (exact) mass is 157 g/mol. The molecule has 0 unspecified atom stereocenters. The number of azide groups is 1. The average Bonchev–Trinajstić information content (AvgIpc) is 1.86. The zero-order valence-electron chi connectivity index (χ0n) is 6.56. The molecular weight excluding hydrogens is 146 g/mol. The molecule has 0 saturated heterocycles. The van der Waals surface area contributed by atoms with Crippen LogP contribution < -0.4 is 0 Å². The zero-order valence-corrected chi connectivity index (χ0v) is 6.56. The van der Waals surface area contributed by atoms with E-state index in [0.717, 1.165) is 0 Å². The molecule has 0 aliphatic rings. The second-order valence-corrected chi connectivity index (χ2v) is 2.61. The highest BCUT2D eigenvalue weighted by Crippen LogP contribution is 2.10. The van der Waals surface area contributed by atoms with Crippen LogP contribution in [0.3, 0.4) is 0 Å². The molecule has 0 aromatic rings. The minimum absolute atomic E-state index is 0.0713. The van der Waals surface area contributed by atoms with Crippen LogP contribution >= 0.6 is 0 Å². The van der Waals surface area contributed by atoms with E-state index in [9.17, 15) is 4.79 Å². The Balaban J connectivity index is 4.10. The summed E-state index contributed by atoms with van der Waals surface area (Å²) in [5, 5.41) is 11.7. The molecule has 0 rings (SSSR count). The van der Waals surface area contributed by atoms with Gasteiger partial charge in [-0.05, 0) is 11.4 Å². The van der Waals surface area contributed by atoms with Crippen molar-refractivity contribution in [3.8, 4) is 0 Å². The fourth-order valence-electron chi connectivity index (χ4n) is 0.655. The highest BCUT2D eigenvalue weighted by molar-refractivity contribution is 5.67. The maximum Gasteiger partial charge on any atom is 0.303 e. The molecule has 0 heterocycles. The lowest BCUT2D eigenvalue weighted by Gasteiger charge is -2.10. The molecule has 11 heavy (non-hydrogen) atoms. The lowest BCUT2D eigenvalue weighted by Crippen LogP contribution is -2.16. The van der Waals surface area contributed by atoms with E-state index in [1.165, 1.54) is 0 Å². The minimum atomic E-state index is -0.934. The van der Waals surface area contributed by atoms with Gasteiger partial charge in [0.1, 0.15) is 0 Å². The Hall–Kier alpha value is -1.22. The first kappa shape index (κ1) is 9.78. The van der Waals surface area contributed by atoms with Crippen LogP contribution in [0.15, 0.2) is 5.11 Å². The maximum absolute atomic E-state index is 10.2. The summed E-state index contributed by atoms with van der Waals surface area (Å²) < 4.78 is 0. The number of carboxylic acids is 1. The standard InChI is InChI=1S/C6H11N3O2/c1-4(2)5(8-9-7)3-6(10)11/h4-5H,3H2,1-2H3,(H,10,11)/t5-/m0/s1. The van der Waals surface area contributed by atoms with Crippen molar-refractivity contribution in [3.63, 3.8) is 0 Å². The van der Waals surface area contributed by atoms with E-state index < -0.39 is 12.0 Å². The van der Waals surface area contributed by atoms with E-state index in [1.54, 1.807) is 0 Å².